The molecular weight excluding hydrogens is 254 g/mol. The summed E-state index contributed by atoms with van der Waals surface area (Å²) in [7, 11) is 1.40. The van der Waals surface area contributed by atoms with E-state index in [1.807, 2.05) is 22.9 Å². The van der Waals surface area contributed by atoms with Gasteiger partial charge in [-0.1, -0.05) is 13.8 Å². The van der Waals surface area contributed by atoms with E-state index in [4.69, 9.17) is 4.74 Å². The van der Waals surface area contributed by atoms with Gasteiger partial charge in [-0.15, -0.1) is 0 Å². The number of aromatic nitrogens is 2. The molecule has 0 aromatic carbocycles. The number of ether oxygens (including phenoxy) is 1. The van der Waals surface area contributed by atoms with E-state index in [1.54, 1.807) is 6.20 Å². The van der Waals surface area contributed by atoms with Crippen molar-refractivity contribution in [2.24, 2.45) is 5.92 Å². The maximum atomic E-state index is 11.5. The summed E-state index contributed by atoms with van der Waals surface area (Å²) in [6.07, 6.45) is 3.71. The number of hydrogen-bond donors (Lipinski definition) is 1. The van der Waals surface area contributed by atoms with Gasteiger partial charge in [0, 0.05) is 24.3 Å². The molecule has 0 aliphatic heterocycles. The number of nitrogens with one attached hydrogen (secondary N) is 1. The fourth-order valence-electron chi connectivity index (χ4n) is 2.16. The molecule has 0 spiro atoms. The highest BCUT2D eigenvalue weighted by molar-refractivity contribution is 5.82. The number of methoxy groups -OCH3 is 1. The minimum absolute atomic E-state index is 0.189. The molecule has 5 nitrogen and oxygen atoms in total. The monoisotopic (exact) mass is 275 g/mol. The molecule has 0 bridgehead atoms. The molecule has 0 fully saturated rings. The number of pyridine rings is 1. The van der Waals surface area contributed by atoms with Crippen LogP contribution in [0.3, 0.4) is 0 Å². The van der Waals surface area contributed by atoms with E-state index in [0.29, 0.717) is 5.92 Å². The van der Waals surface area contributed by atoms with Crippen LogP contribution in [0.4, 0.5) is 0 Å². The predicted molar refractivity (Wildman–Crippen MR) is 78.3 cm³/mol. The molecule has 0 atom stereocenters. The second-order valence-electron chi connectivity index (χ2n) is 5.26. The van der Waals surface area contributed by atoms with Crippen LogP contribution in [0.2, 0.25) is 0 Å². The van der Waals surface area contributed by atoms with E-state index in [1.165, 1.54) is 7.11 Å². The van der Waals surface area contributed by atoms with Gasteiger partial charge in [0.1, 0.15) is 12.2 Å². The number of hydrogen-bond acceptors (Lipinski definition) is 4. The Morgan fingerprint density at radius 1 is 1.50 bits per heavy atom. The normalized spacial score (nSPS) is 11.2. The van der Waals surface area contributed by atoms with E-state index in [0.717, 1.165) is 29.7 Å². The van der Waals surface area contributed by atoms with E-state index in [9.17, 15) is 4.79 Å². The second kappa shape index (κ2) is 6.52. The van der Waals surface area contributed by atoms with Gasteiger partial charge in [-0.05, 0) is 30.2 Å². The first-order valence-corrected chi connectivity index (χ1v) is 6.82. The molecule has 5 heteroatoms. The van der Waals surface area contributed by atoms with Crippen LogP contribution in [-0.2, 0) is 22.6 Å². The maximum absolute atomic E-state index is 11.5. The first-order valence-electron chi connectivity index (χ1n) is 6.82. The molecule has 108 valence electrons. The summed E-state index contributed by atoms with van der Waals surface area (Å²) >= 11 is 0. The summed E-state index contributed by atoms with van der Waals surface area (Å²) in [6, 6.07) is 3.94. The average Bonchev–Trinajstić information content (AvgIpc) is 2.77. The van der Waals surface area contributed by atoms with Gasteiger partial charge in [0.2, 0.25) is 0 Å². The quantitative estimate of drug-likeness (QED) is 0.819. The zero-order valence-corrected chi connectivity index (χ0v) is 12.2. The first-order chi connectivity index (χ1) is 9.61. The lowest BCUT2D eigenvalue weighted by atomic mass is 10.2. The molecule has 0 unspecified atom stereocenters. The van der Waals surface area contributed by atoms with Gasteiger partial charge in [0.05, 0.1) is 7.11 Å². The third kappa shape index (κ3) is 3.36. The Morgan fingerprint density at radius 2 is 2.30 bits per heavy atom. The van der Waals surface area contributed by atoms with Crippen LogP contribution in [-0.4, -0.2) is 29.2 Å². The van der Waals surface area contributed by atoms with Gasteiger partial charge >= 0.3 is 5.97 Å². The molecule has 0 aliphatic rings. The van der Waals surface area contributed by atoms with Crippen LogP contribution in [0.1, 0.15) is 19.4 Å². The number of fused-ring (bicyclic) bond motifs is 1. The highest BCUT2D eigenvalue weighted by atomic mass is 16.5. The molecule has 0 radical (unpaired) electrons. The third-order valence-corrected chi connectivity index (χ3v) is 3.11. The number of carbonyl (C=O) groups is 1. The van der Waals surface area contributed by atoms with E-state index in [2.05, 4.69) is 24.1 Å². The van der Waals surface area contributed by atoms with Crippen molar-refractivity contribution in [3.63, 3.8) is 0 Å². The van der Waals surface area contributed by atoms with Crippen LogP contribution in [0.25, 0.3) is 11.0 Å². The van der Waals surface area contributed by atoms with Gasteiger partial charge in [0.15, 0.2) is 0 Å². The van der Waals surface area contributed by atoms with Crippen molar-refractivity contribution in [2.45, 2.75) is 26.9 Å². The molecule has 2 aromatic rings. The van der Waals surface area contributed by atoms with Crippen molar-refractivity contribution >= 4 is 17.0 Å². The van der Waals surface area contributed by atoms with Gasteiger partial charge < -0.3 is 14.6 Å². The Morgan fingerprint density at radius 3 is 3.00 bits per heavy atom. The zero-order valence-electron chi connectivity index (χ0n) is 12.2. The Labute approximate surface area is 118 Å². The minimum atomic E-state index is -0.269. The maximum Gasteiger partial charge on any atom is 0.325 e. The van der Waals surface area contributed by atoms with E-state index in [-0.39, 0.29) is 12.5 Å². The summed E-state index contributed by atoms with van der Waals surface area (Å²) in [6.45, 7) is 6.27. The van der Waals surface area contributed by atoms with Crippen LogP contribution in [0.5, 0.6) is 0 Å². The van der Waals surface area contributed by atoms with Crippen molar-refractivity contribution in [1.82, 2.24) is 14.9 Å². The summed E-state index contributed by atoms with van der Waals surface area (Å²) < 4.78 is 6.56. The van der Waals surface area contributed by atoms with Crippen LogP contribution >= 0.6 is 0 Å². The molecule has 2 rings (SSSR count). The minimum Gasteiger partial charge on any atom is -0.468 e. The predicted octanol–water partition coefficient (Wildman–Crippen LogP) is 1.95. The topological polar surface area (TPSA) is 56.1 Å². The van der Waals surface area contributed by atoms with E-state index >= 15 is 0 Å². The Hall–Kier alpha value is -1.88. The van der Waals surface area contributed by atoms with Gasteiger partial charge in [-0.2, -0.15) is 0 Å². The van der Waals surface area contributed by atoms with Crippen molar-refractivity contribution in [3.8, 4) is 0 Å². The lowest BCUT2D eigenvalue weighted by molar-refractivity contribution is -0.141. The SMILES string of the molecule is COC(=O)Cn1cc(CNCC(C)C)c2cccnc21. The summed E-state index contributed by atoms with van der Waals surface area (Å²) in [5.74, 6) is 0.339. The molecule has 0 saturated carbocycles. The van der Waals surface area contributed by atoms with Crippen molar-refractivity contribution in [3.05, 3.63) is 30.1 Å². The molecule has 20 heavy (non-hydrogen) atoms. The molecule has 0 saturated heterocycles. The Bertz CT molecular complexity index is 590. The van der Waals surface area contributed by atoms with Crippen LogP contribution < -0.4 is 5.32 Å². The van der Waals surface area contributed by atoms with Gasteiger partial charge in [0.25, 0.3) is 0 Å². The standard InChI is InChI=1S/C15H21N3O2/c1-11(2)7-16-8-12-9-18(10-14(19)20-3)15-13(12)5-4-6-17-15/h4-6,9,11,16H,7-8,10H2,1-3H3. The molecular formula is C15H21N3O2. The third-order valence-electron chi connectivity index (χ3n) is 3.11. The second-order valence-corrected chi connectivity index (χ2v) is 5.26. The highest BCUT2D eigenvalue weighted by Crippen LogP contribution is 2.19. The van der Waals surface area contributed by atoms with Gasteiger partial charge in [-0.3, -0.25) is 4.79 Å². The summed E-state index contributed by atoms with van der Waals surface area (Å²) in [4.78, 5) is 15.8. The zero-order chi connectivity index (χ0) is 14.5. The molecule has 2 heterocycles. The van der Waals surface area contributed by atoms with Gasteiger partial charge in [-0.25, -0.2) is 4.98 Å². The lowest BCUT2D eigenvalue weighted by Gasteiger charge is -2.06. The molecule has 0 aliphatic carbocycles. The van der Waals surface area contributed by atoms with Crippen molar-refractivity contribution in [1.29, 1.82) is 0 Å². The number of carbonyl (C=O) groups excluding carboxylic acids is 1. The fraction of sp³-hybridized carbons (Fsp3) is 0.467. The average molecular weight is 275 g/mol. The first kappa shape index (κ1) is 14.5. The smallest absolute Gasteiger partial charge is 0.325 e. The molecule has 2 aromatic heterocycles. The fourth-order valence-corrected chi connectivity index (χ4v) is 2.16. The summed E-state index contributed by atoms with van der Waals surface area (Å²) in [5.41, 5.74) is 1.97. The molecule has 1 N–H and O–H groups in total. The van der Waals surface area contributed by atoms with E-state index < -0.39 is 0 Å². The summed E-state index contributed by atoms with van der Waals surface area (Å²) in [5, 5.41) is 4.49. The number of rotatable bonds is 6. The van der Waals surface area contributed by atoms with Crippen LogP contribution in [0, 0.1) is 5.92 Å². The van der Waals surface area contributed by atoms with Crippen molar-refractivity contribution in [2.75, 3.05) is 13.7 Å². The number of nitrogens with zero attached hydrogens (tertiary/aromatic N) is 2. The Balaban J connectivity index is 2.23. The largest absolute Gasteiger partial charge is 0.468 e. The lowest BCUT2D eigenvalue weighted by Crippen LogP contribution is -2.18. The van der Waals surface area contributed by atoms with Crippen LogP contribution in [0.15, 0.2) is 24.5 Å². The molecule has 0 amide bonds. The van der Waals surface area contributed by atoms with Crippen molar-refractivity contribution < 1.29 is 9.53 Å². The highest BCUT2D eigenvalue weighted by Gasteiger charge is 2.11. The Kier molecular flexibility index (Phi) is 4.74. The number of esters is 1.